The Balaban J connectivity index is 2.28. The van der Waals surface area contributed by atoms with Gasteiger partial charge in [-0.3, -0.25) is 4.79 Å². The van der Waals surface area contributed by atoms with Crippen molar-refractivity contribution in [1.82, 2.24) is 5.32 Å². The van der Waals surface area contributed by atoms with E-state index in [1.165, 1.54) is 4.88 Å². The van der Waals surface area contributed by atoms with Gasteiger partial charge < -0.3 is 15.5 Å². The van der Waals surface area contributed by atoms with Crippen LogP contribution in [0.25, 0.3) is 0 Å². The lowest BCUT2D eigenvalue weighted by molar-refractivity contribution is -0.139. The van der Waals surface area contributed by atoms with Crippen molar-refractivity contribution in [3.63, 3.8) is 0 Å². The van der Waals surface area contributed by atoms with Crippen molar-refractivity contribution < 1.29 is 15.0 Å². The molecule has 0 bridgehead atoms. The standard InChI is InChI=1S/C10H15NO3S/c1-7(9-3-2-4-15-9)11-6-8(12)5-10(13)14/h2-4,7-8,11-12H,5-6H2,1H3,(H,13,14). The Morgan fingerprint density at radius 2 is 2.40 bits per heavy atom. The molecular weight excluding hydrogens is 214 g/mol. The molecule has 2 unspecified atom stereocenters. The second-order valence-electron chi connectivity index (χ2n) is 3.40. The third-order valence-electron chi connectivity index (χ3n) is 2.04. The van der Waals surface area contributed by atoms with E-state index in [1.54, 1.807) is 11.3 Å². The highest BCUT2D eigenvalue weighted by Crippen LogP contribution is 2.17. The van der Waals surface area contributed by atoms with E-state index < -0.39 is 12.1 Å². The quantitative estimate of drug-likeness (QED) is 0.686. The summed E-state index contributed by atoms with van der Waals surface area (Å²) in [6.45, 7) is 2.28. The summed E-state index contributed by atoms with van der Waals surface area (Å²) in [5.74, 6) is -0.979. The molecule has 5 heteroatoms. The molecule has 0 aliphatic heterocycles. The Bertz CT molecular complexity index is 300. The number of carboxylic acids is 1. The second-order valence-corrected chi connectivity index (χ2v) is 4.38. The molecule has 0 aliphatic carbocycles. The SMILES string of the molecule is CC(NCC(O)CC(=O)O)c1cccs1. The summed E-state index contributed by atoms with van der Waals surface area (Å²) in [7, 11) is 0. The molecule has 15 heavy (non-hydrogen) atoms. The maximum Gasteiger partial charge on any atom is 0.306 e. The third kappa shape index (κ3) is 4.42. The summed E-state index contributed by atoms with van der Waals surface area (Å²) < 4.78 is 0. The number of aliphatic hydroxyl groups excluding tert-OH is 1. The first-order chi connectivity index (χ1) is 7.09. The summed E-state index contributed by atoms with van der Waals surface area (Å²) >= 11 is 1.64. The normalized spacial score (nSPS) is 14.8. The summed E-state index contributed by atoms with van der Waals surface area (Å²) in [5, 5.41) is 22.8. The number of thiophene rings is 1. The van der Waals surface area contributed by atoms with Crippen LogP contribution in [-0.4, -0.2) is 28.8 Å². The Morgan fingerprint density at radius 1 is 1.67 bits per heavy atom. The highest BCUT2D eigenvalue weighted by molar-refractivity contribution is 7.10. The molecule has 1 aromatic rings. The fourth-order valence-corrected chi connectivity index (χ4v) is 1.98. The van der Waals surface area contributed by atoms with E-state index in [0.29, 0.717) is 6.54 Å². The van der Waals surface area contributed by atoms with Crippen LogP contribution in [0.1, 0.15) is 24.3 Å². The average Bonchev–Trinajstić information content (AvgIpc) is 2.65. The van der Waals surface area contributed by atoms with Crippen LogP contribution in [0.4, 0.5) is 0 Å². The number of aliphatic hydroxyl groups is 1. The first kappa shape index (κ1) is 12.2. The highest BCUT2D eigenvalue weighted by atomic mass is 32.1. The molecule has 4 nitrogen and oxygen atoms in total. The smallest absolute Gasteiger partial charge is 0.306 e. The molecule has 2 atom stereocenters. The van der Waals surface area contributed by atoms with Gasteiger partial charge in [-0.1, -0.05) is 6.07 Å². The first-order valence-corrected chi connectivity index (χ1v) is 5.64. The van der Waals surface area contributed by atoms with E-state index in [0.717, 1.165) is 0 Å². The minimum absolute atomic E-state index is 0.147. The Labute approximate surface area is 92.6 Å². The highest BCUT2D eigenvalue weighted by Gasteiger charge is 2.11. The van der Waals surface area contributed by atoms with Crippen LogP contribution < -0.4 is 5.32 Å². The fraction of sp³-hybridized carbons (Fsp3) is 0.500. The maximum atomic E-state index is 10.3. The topological polar surface area (TPSA) is 69.6 Å². The summed E-state index contributed by atoms with van der Waals surface area (Å²) in [5.41, 5.74) is 0. The van der Waals surface area contributed by atoms with E-state index in [1.807, 2.05) is 24.4 Å². The number of aliphatic carboxylic acids is 1. The molecule has 1 heterocycles. The van der Waals surface area contributed by atoms with Crippen molar-refractivity contribution in [1.29, 1.82) is 0 Å². The van der Waals surface area contributed by atoms with E-state index in [2.05, 4.69) is 5.32 Å². The molecule has 1 rings (SSSR count). The zero-order valence-electron chi connectivity index (χ0n) is 8.51. The molecule has 0 aromatic carbocycles. The van der Waals surface area contributed by atoms with Crippen molar-refractivity contribution in [3.05, 3.63) is 22.4 Å². The van der Waals surface area contributed by atoms with Gasteiger partial charge in [0.15, 0.2) is 0 Å². The van der Waals surface area contributed by atoms with Gasteiger partial charge in [0.25, 0.3) is 0 Å². The predicted molar refractivity (Wildman–Crippen MR) is 59.0 cm³/mol. The monoisotopic (exact) mass is 229 g/mol. The number of hydrogen-bond acceptors (Lipinski definition) is 4. The molecule has 0 fully saturated rings. The minimum atomic E-state index is -0.979. The average molecular weight is 229 g/mol. The molecule has 3 N–H and O–H groups in total. The van der Waals surface area contributed by atoms with Crippen molar-refractivity contribution in [2.75, 3.05) is 6.54 Å². The predicted octanol–water partition coefficient (Wildman–Crippen LogP) is 1.23. The molecule has 0 saturated heterocycles. The van der Waals surface area contributed by atoms with Crippen molar-refractivity contribution >= 4 is 17.3 Å². The van der Waals surface area contributed by atoms with Crippen LogP contribution in [0, 0.1) is 0 Å². The first-order valence-electron chi connectivity index (χ1n) is 4.76. The van der Waals surface area contributed by atoms with Crippen molar-refractivity contribution in [2.45, 2.75) is 25.5 Å². The Hall–Kier alpha value is -0.910. The van der Waals surface area contributed by atoms with Crippen LogP contribution in [0.15, 0.2) is 17.5 Å². The molecule has 0 aliphatic rings. The number of nitrogens with one attached hydrogen (secondary N) is 1. The second kappa shape index (κ2) is 5.85. The number of carboxylic acid groups (broad SMARTS) is 1. The molecular formula is C10H15NO3S. The van der Waals surface area contributed by atoms with Crippen LogP contribution in [0.2, 0.25) is 0 Å². The summed E-state index contributed by atoms with van der Waals surface area (Å²) in [6, 6.07) is 4.12. The molecule has 84 valence electrons. The molecule has 0 radical (unpaired) electrons. The zero-order valence-corrected chi connectivity index (χ0v) is 9.33. The van der Waals surface area contributed by atoms with Gasteiger partial charge in [0.2, 0.25) is 0 Å². The summed E-state index contributed by atoms with van der Waals surface area (Å²) in [6.07, 6.45) is -1.05. The van der Waals surface area contributed by atoms with Crippen molar-refractivity contribution in [3.8, 4) is 0 Å². The fourth-order valence-electron chi connectivity index (χ4n) is 1.22. The third-order valence-corrected chi connectivity index (χ3v) is 3.09. The largest absolute Gasteiger partial charge is 0.481 e. The van der Waals surface area contributed by atoms with E-state index in [9.17, 15) is 9.90 Å². The van der Waals surface area contributed by atoms with Gasteiger partial charge in [0.1, 0.15) is 0 Å². The minimum Gasteiger partial charge on any atom is -0.481 e. The van der Waals surface area contributed by atoms with Crippen LogP contribution in [0.5, 0.6) is 0 Å². The van der Waals surface area contributed by atoms with Crippen LogP contribution in [-0.2, 0) is 4.79 Å². The van der Waals surface area contributed by atoms with Gasteiger partial charge in [-0.25, -0.2) is 0 Å². The van der Waals surface area contributed by atoms with Crippen LogP contribution >= 0.6 is 11.3 Å². The molecule has 0 amide bonds. The zero-order chi connectivity index (χ0) is 11.3. The van der Waals surface area contributed by atoms with E-state index in [4.69, 9.17) is 5.11 Å². The number of hydrogen-bond donors (Lipinski definition) is 3. The Morgan fingerprint density at radius 3 is 2.93 bits per heavy atom. The Kier molecular flexibility index (Phi) is 4.74. The van der Waals surface area contributed by atoms with Gasteiger partial charge in [0, 0.05) is 17.5 Å². The van der Waals surface area contributed by atoms with Crippen LogP contribution in [0.3, 0.4) is 0 Å². The maximum absolute atomic E-state index is 10.3. The van der Waals surface area contributed by atoms with Gasteiger partial charge in [0.05, 0.1) is 12.5 Å². The van der Waals surface area contributed by atoms with Gasteiger partial charge in [-0.05, 0) is 18.4 Å². The van der Waals surface area contributed by atoms with Gasteiger partial charge >= 0.3 is 5.97 Å². The van der Waals surface area contributed by atoms with Gasteiger partial charge in [-0.2, -0.15) is 0 Å². The molecule has 0 spiro atoms. The molecule has 1 aromatic heterocycles. The van der Waals surface area contributed by atoms with E-state index >= 15 is 0 Å². The molecule has 0 saturated carbocycles. The number of carbonyl (C=O) groups is 1. The summed E-state index contributed by atoms with van der Waals surface area (Å²) in [4.78, 5) is 11.5. The van der Waals surface area contributed by atoms with E-state index in [-0.39, 0.29) is 12.5 Å². The van der Waals surface area contributed by atoms with Crippen molar-refractivity contribution in [2.24, 2.45) is 0 Å². The lowest BCUT2D eigenvalue weighted by atomic mass is 10.2. The lowest BCUT2D eigenvalue weighted by Crippen LogP contribution is -2.30. The number of rotatable bonds is 6. The lowest BCUT2D eigenvalue weighted by Gasteiger charge is -2.14. The van der Waals surface area contributed by atoms with Gasteiger partial charge in [-0.15, -0.1) is 11.3 Å².